The number of hydrogen-bond donors (Lipinski definition) is 2. The number of hydrogen-bond acceptors (Lipinski definition) is 7. The smallest absolute Gasteiger partial charge is 0.343 e. The maximum atomic E-state index is 13.3. The molecular weight excluding hydrogens is 322 g/mol. The van der Waals surface area contributed by atoms with Gasteiger partial charge in [-0.15, -0.1) is 0 Å². The van der Waals surface area contributed by atoms with E-state index >= 15 is 0 Å². The van der Waals surface area contributed by atoms with Crippen LogP contribution in [0.4, 0.5) is 0 Å². The molecule has 7 heteroatoms. The Morgan fingerprint density at radius 3 is 1.84 bits per heavy atom. The van der Waals surface area contributed by atoms with Gasteiger partial charge in [0.2, 0.25) is 0 Å². The summed E-state index contributed by atoms with van der Waals surface area (Å²) in [5, 5.41) is 19.3. The zero-order chi connectivity index (χ0) is 18.4. The van der Waals surface area contributed by atoms with E-state index in [2.05, 4.69) is 35.5 Å². The monoisotopic (exact) mass is 355 g/mol. The lowest BCUT2D eigenvalue weighted by molar-refractivity contribution is -0.169. The zero-order valence-corrected chi connectivity index (χ0v) is 15.9. The summed E-state index contributed by atoms with van der Waals surface area (Å²) in [4.78, 5) is 20.1. The molecule has 0 radical (unpaired) electrons. The van der Waals surface area contributed by atoms with Crippen molar-refractivity contribution >= 4 is 5.97 Å². The Morgan fingerprint density at radius 1 is 1.04 bits per heavy atom. The molecule has 0 aromatic rings. The van der Waals surface area contributed by atoms with E-state index in [0.717, 1.165) is 19.6 Å². The van der Waals surface area contributed by atoms with E-state index in [1.54, 1.807) is 0 Å². The summed E-state index contributed by atoms with van der Waals surface area (Å²) in [5.74, 6) is -0.236. The third-order valence-electron chi connectivity index (χ3n) is 6.34. The summed E-state index contributed by atoms with van der Waals surface area (Å²) in [6.07, 6.45) is 0.559. The van der Waals surface area contributed by atoms with Crippen LogP contribution in [-0.2, 0) is 9.53 Å². The van der Waals surface area contributed by atoms with Crippen LogP contribution in [0.25, 0.3) is 0 Å². The van der Waals surface area contributed by atoms with Gasteiger partial charge in [-0.2, -0.15) is 0 Å². The van der Waals surface area contributed by atoms with E-state index in [0.29, 0.717) is 31.1 Å². The average molecular weight is 355 g/mol. The SMILES string of the molecule is CCC(CO)(CO)COC(=O)C(CN1CC1C)(N1CC1C)N1CC1C. The summed E-state index contributed by atoms with van der Waals surface area (Å²) in [7, 11) is 0. The van der Waals surface area contributed by atoms with Gasteiger partial charge in [0.05, 0.1) is 18.6 Å². The second kappa shape index (κ2) is 6.78. The Balaban J connectivity index is 1.77. The Morgan fingerprint density at radius 2 is 1.52 bits per heavy atom. The van der Waals surface area contributed by atoms with E-state index in [9.17, 15) is 15.0 Å². The number of carbonyl (C=O) groups is 1. The predicted molar refractivity (Wildman–Crippen MR) is 94.0 cm³/mol. The molecule has 0 aromatic carbocycles. The van der Waals surface area contributed by atoms with Crippen molar-refractivity contribution in [3.63, 3.8) is 0 Å². The molecule has 3 aliphatic rings. The van der Waals surface area contributed by atoms with Crippen LogP contribution < -0.4 is 0 Å². The van der Waals surface area contributed by atoms with Gasteiger partial charge in [0.25, 0.3) is 0 Å². The highest BCUT2D eigenvalue weighted by Gasteiger charge is 2.64. The fraction of sp³-hybridized carbons (Fsp3) is 0.944. The van der Waals surface area contributed by atoms with Gasteiger partial charge < -0.3 is 14.9 Å². The third-order valence-corrected chi connectivity index (χ3v) is 6.34. The number of carbonyl (C=O) groups excluding carboxylic acids is 1. The largest absolute Gasteiger partial charge is 0.462 e. The lowest BCUT2D eigenvalue weighted by atomic mass is 9.88. The van der Waals surface area contributed by atoms with E-state index in [-0.39, 0.29) is 25.8 Å². The minimum absolute atomic E-state index is 0.0527. The molecule has 3 rings (SSSR count). The number of rotatable bonds is 10. The molecule has 0 aromatic heterocycles. The first kappa shape index (κ1) is 19.0. The molecule has 0 aliphatic carbocycles. The quantitative estimate of drug-likeness (QED) is 0.412. The van der Waals surface area contributed by atoms with Gasteiger partial charge in [-0.05, 0) is 27.2 Å². The third kappa shape index (κ3) is 3.45. The van der Waals surface area contributed by atoms with Crippen molar-refractivity contribution in [3.8, 4) is 0 Å². The normalized spacial score (nSPS) is 38.8. The molecular formula is C18H33N3O4. The molecule has 3 heterocycles. The minimum atomic E-state index is -0.760. The van der Waals surface area contributed by atoms with E-state index in [1.165, 1.54) is 0 Å². The van der Waals surface area contributed by atoms with E-state index < -0.39 is 11.1 Å². The maximum absolute atomic E-state index is 13.3. The summed E-state index contributed by atoms with van der Waals surface area (Å²) in [6, 6.07) is 1.27. The second-order valence-electron chi connectivity index (χ2n) is 8.34. The van der Waals surface area contributed by atoms with E-state index in [1.807, 2.05) is 6.92 Å². The number of aliphatic hydroxyl groups excluding tert-OH is 2. The van der Waals surface area contributed by atoms with Crippen LogP contribution in [0.3, 0.4) is 0 Å². The summed E-state index contributed by atoms with van der Waals surface area (Å²) < 4.78 is 5.74. The van der Waals surface area contributed by atoms with Gasteiger partial charge in [0.1, 0.15) is 6.61 Å². The van der Waals surface area contributed by atoms with Crippen molar-refractivity contribution in [2.75, 3.05) is 46.0 Å². The fourth-order valence-electron chi connectivity index (χ4n) is 3.75. The molecule has 0 amide bonds. The zero-order valence-electron chi connectivity index (χ0n) is 15.9. The first-order chi connectivity index (χ1) is 11.8. The van der Waals surface area contributed by atoms with Crippen LogP contribution in [0.2, 0.25) is 0 Å². The lowest BCUT2D eigenvalue weighted by Gasteiger charge is -2.37. The molecule has 0 bridgehead atoms. The predicted octanol–water partition coefficient (Wildman–Crippen LogP) is -0.281. The molecule has 144 valence electrons. The van der Waals surface area contributed by atoms with Crippen LogP contribution in [0.15, 0.2) is 0 Å². The van der Waals surface area contributed by atoms with Crippen LogP contribution >= 0.6 is 0 Å². The molecule has 0 spiro atoms. The molecule has 3 fully saturated rings. The topological polar surface area (TPSA) is 75.8 Å². The highest BCUT2D eigenvalue weighted by Crippen LogP contribution is 2.42. The van der Waals surface area contributed by atoms with Gasteiger partial charge in [0.15, 0.2) is 5.66 Å². The highest BCUT2D eigenvalue weighted by atomic mass is 16.5. The number of nitrogens with zero attached hydrogens (tertiary/aromatic N) is 3. The summed E-state index contributed by atoms with van der Waals surface area (Å²) in [6.45, 7) is 11.5. The molecule has 6 atom stereocenters. The average Bonchev–Trinajstić information content (AvgIpc) is 3.53. The van der Waals surface area contributed by atoms with E-state index in [4.69, 9.17) is 4.74 Å². The molecule has 0 saturated carbocycles. The minimum Gasteiger partial charge on any atom is -0.462 e. The molecule has 6 unspecified atom stereocenters. The number of aliphatic hydroxyl groups is 2. The first-order valence-corrected chi connectivity index (χ1v) is 9.50. The standard InChI is InChI=1S/C18H33N3O4/c1-5-17(10-22,11-23)12-25-16(24)18(20-7-14(20)3,21-8-15(21)4)9-19-6-13(19)2/h13-15,22-23H,5-12H2,1-4H3. The van der Waals surface area contributed by atoms with Gasteiger partial charge >= 0.3 is 5.97 Å². The molecule has 7 nitrogen and oxygen atoms in total. The summed E-state index contributed by atoms with van der Waals surface area (Å²) in [5.41, 5.74) is -1.49. The van der Waals surface area contributed by atoms with Gasteiger partial charge in [-0.1, -0.05) is 6.92 Å². The molecule has 25 heavy (non-hydrogen) atoms. The van der Waals surface area contributed by atoms with Crippen LogP contribution in [-0.4, -0.2) is 101 Å². The van der Waals surface area contributed by atoms with Crippen LogP contribution in [0, 0.1) is 5.41 Å². The van der Waals surface area contributed by atoms with Gasteiger partial charge in [-0.3, -0.25) is 14.7 Å². The lowest BCUT2D eigenvalue weighted by Crippen LogP contribution is -2.60. The van der Waals surface area contributed by atoms with Crippen molar-refractivity contribution in [1.82, 2.24) is 14.7 Å². The second-order valence-corrected chi connectivity index (χ2v) is 8.34. The van der Waals surface area contributed by atoms with Crippen LogP contribution in [0.5, 0.6) is 0 Å². The molecule has 3 saturated heterocycles. The number of esters is 1. The van der Waals surface area contributed by atoms with Crippen molar-refractivity contribution in [2.45, 2.75) is 57.9 Å². The summed E-state index contributed by atoms with van der Waals surface area (Å²) >= 11 is 0. The molecule has 3 aliphatic heterocycles. The Kier molecular flexibility index (Phi) is 5.16. The number of ether oxygens (including phenoxy) is 1. The van der Waals surface area contributed by atoms with Crippen molar-refractivity contribution in [3.05, 3.63) is 0 Å². The van der Waals surface area contributed by atoms with Crippen LogP contribution in [0.1, 0.15) is 34.1 Å². The Labute approximate surface area is 150 Å². The van der Waals surface area contributed by atoms with Crippen molar-refractivity contribution in [2.24, 2.45) is 5.41 Å². The highest BCUT2D eigenvalue weighted by molar-refractivity contribution is 5.82. The Hall–Kier alpha value is -0.730. The first-order valence-electron chi connectivity index (χ1n) is 9.50. The van der Waals surface area contributed by atoms with Gasteiger partial charge in [-0.25, -0.2) is 4.79 Å². The maximum Gasteiger partial charge on any atom is 0.343 e. The molecule has 2 N–H and O–H groups in total. The van der Waals surface area contributed by atoms with Crippen molar-refractivity contribution < 1.29 is 19.7 Å². The van der Waals surface area contributed by atoms with Crippen molar-refractivity contribution in [1.29, 1.82) is 0 Å². The Bertz CT molecular complexity index is 486. The van der Waals surface area contributed by atoms with Gasteiger partial charge in [0, 0.05) is 44.3 Å². The fourth-order valence-corrected chi connectivity index (χ4v) is 3.75.